The number of rotatable bonds is 3. The Morgan fingerprint density at radius 3 is 2.04 bits per heavy atom. The second-order valence-corrected chi connectivity index (χ2v) is 4.49. The van der Waals surface area contributed by atoms with Gasteiger partial charge in [0.25, 0.3) is 5.69 Å². The lowest BCUT2D eigenvalue weighted by Crippen LogP contribution is -2.15. The summed E-state index contributed by atoms with van der Waals surface area (Å²) in [6, 6.07) is 4.29. The summed E-state index contributed by atoms with van der Waals surface area (Å²) in [4.78, 5) is 9.78. The van der Waals surface area contributed by atoms with Gasteiger partial charge in [-0.1, -0.05) is 12.1 Å². The summed E-state index contributed by atoms with van der Waals surface area (Å²) in [7, 11) is 0. The molecule has 0 aliphatic rings. The third kappa shape index (κ3) is 3.79. The fourth-order valence-corrected chi connectivity index (χ4v) is 1.80. The first kappa shape index (κ1) is 16.8. The molecule has 0 atom stereocenters. The van der Waals surface area contributed by atoms with E-state index in [0.29, 0.717) is 0 Å². The summed E-state index contributed by atoms with van der Waals surface area (Å²) in [5.74, 6) is 0. The molecule has 0 amide bonds. The van der Waals surface area contributed by atoms with E-state index >= 15 is 0 Å². The van der Waals surface area contributed by atoms with Crippen molar-refractivity contribution in [3.8, 4) is 0 Å². The molecule has 5 nitrogen and oxygen atoms in total. The summed E-state index contributed by atoms with van der Waals surface area (Å²) in [5.41, 5.74) is -3.37. The normalized spacial score (nSPS) is 12.4. The lowest BCUT2D eigenvalue weighted by Gasteiger charge is -2.10. The third-order valence-electron chi connectivity index (χ3n) is 2.84. The number of non-ortho nitro benzene ring substituents is 1. The summed E-state index contributed by atoms with van der Waals surface area (Å²) in [5, 5.41) is 13.4. The molecule has 124 valence electrons. The van der Waals surface area contributed by atoms with Crippen LogP contribution in [0.2, 0.25) is 0 Å². The number of alkyl halides is 6. The Kier molecular flexibility index (Phi) is 4.05. The second kappa shape index (κ2) is 5.56. The van der Waals surface area contributed by atoms with Crippen LogP contribution >= 0.6 is 0 Å². The van der Waals surface area contributed by atoms with Crippen LogP contribution < -0.4 is 0 Å². The van der Waals surface area contributed by atoms with Crippen LogP contribution in [-0.4, -0.2) is 14.7 Å². The molecule has 0 N–H and O–H groups in total. The Morgan fingerprint density at radius 1 is 1.04 bits per heavy atom. The SMILES string of the molecule is O=[N+]([O-])c1ccc(Cn2nc(C(F)(F)F)cc2C(F)(F)F)cc1. The van der Waals surface area contributed by atoms with Crippen LogP contribution in [0, 0.1) is 10.1 Å². The fourth-order valence-electron chi connectivity index (χ4n) is 1.80. The maximum Gasteiger partial charge on any atom is 0.435 e. The molecule has 1 aromatic heterocycles. The van der Waals surface area contributed by atoms with Crippen LogP contribution in [-0.2, 0) is 18.9 Å². The van der Waals surface area contributed by atoms with Gasteiger partial charge in [-0.05, 0) is 5.56 Å². The smallest absolute Gasteiger partial charge is 0.258 e. The zero-order chi connectivity index (χ0) is 17.4. The number of benzene rings is 1. The van der Waals surface area contributed by atoms with E-state index in [2.05, 4.69) is 5.10 Å². The third-order valence-corrected chi connectivity index (χ3v) is 2.84. The molecule has 0 fully saturated rings. The molecule has 0 spiro atoms. The van der Waals surface area contributed by atoms with Crippen LogP contribution in [0.15, 0.2) is 30.3 Å². The van der Waals surface area contributed by atoms with Gasteiger partial charge in [0.1, 0.15) is 5.69 Å². The highest BCUT2D eigenvalue weighted by molar-refractivity contribution is 5.33. The van der Waals surface area contributed by atoms with E-state index in [4.69, 9.17) is 0 Å². The van der Waals surface area contributed by atoms with Crippen molar-refractivity contribution in [1.82, 2.24) is 9.78 Å². The van der Waals surface area contributed by atoms with Crippen molar-refractivity contribution in [2.45, 2.75) is 18.9 Å². The quantitative estimate of drug-likeness (QED) is 0.484. The highest BCUT2D eigenvalue weighted by Crippen LogP contribution is 2.35. The van der Waals surface area contributed by atoms with Gasteiger partial charge in [0.15, 0.2) is 5.69 Å². The summed E-state index contributed by atoms with van der Waals surface area (Å²) >= 11 is 0. The molecule has 1 aromatic carbocycles. The van der Waals surface area contributed by atoms with Gasteiger partial charge in [-0.15, -0.1) is 0 Å². The first-order chi connectivity index (χ1) is 10.5. The first-order valence-corrected chi connectivity index (χ1v) is 5.94. The van der Waals surface area contributed by atoms with Gasteiger partial charge in [-0.2, -0.15) is 31.4 Å². The van der Waals surface area contributed by atoms with Crippen molar-refractivity contribution in [3.05, 3.63) is 57.4 Å². The van der Waals surface area contributed by atoms with Gasteiger partial charge in [-0.25, -0.2) is 0 Å². The van der Waals surface area contributed by atoms with E-state index in [1.54, 1.807) is 0 Å². The van der Waals surface area contributed by atoms with Gasteiger partial charge >= 0.3 is 12.4 Å². The molecule has 2 rings (SSSR count). The van der Waals surface area contributed by atoms with Crippen molar-refractivity contribution in [3.63, 3.8) is 0 Å². The predicted octanol–water partition coefficient (Wildman–Crippen LogP) is 3.88. The molecule has 0 aliphatic heterocycles. The van der Waals surface area contributed by atoms with Crippen molar-refractivity contribution >= 4 is 5.69 Å². The van der Waals surface area contributed by atoms with Crippen LogP contribution in [0.5, 0.6) is 0 Å². The molecular weight excluding hydrogens is 332 g/mol. The van der Waals surface area contributed by atoms with Crippen molar-refractivity contribution in [2.75, 3.05) is 0 Å². The summed E-state index contributed by atoms with van der Waals surface area (Å²) < 4.78 is 76.2. The standard InChI is InChI=1S/C12H7F6N3O2/c13-11(14,15)9-5-10(12(16,17)18)20(19-9)6-7-1-3-8(4-2-7)21(22)23/h1-5H,6H2. The summed E-state index contributed by atoms with van der Waals surface area (Å²) in [6.45, 7) is -0.608. The van der Waals surface area contributed by atoms with Crippen molar-refractivity contribution < 1.29 is 31.3 Å². The molecule has 11 heteroatoms. The molecule has 2 aromatic rings. The van der Waals surface area contributed by atoms with E-state index in [0.717, 1.165) is 24.3 Å². The predicted molar refractivity (Wildman–Crippen MR) is 64.4 cm³/mol. The van der Waals surface area contributed by atoms with Crippen LogP contribution in [0.4, 0.5) is 32.0 Å². The highest BCUT2D eigenvalue weighted by Gasteiger charge is 2.41. The fraction of sp³-hybridized carbons (Fsp3) is 0.250. The van der Waals surface area contributed by atoms with Crippen LogP contribution in [0.3, 0.4) is 0 Å². The molecule has 23 heavy (non-hydrogen) atoms. The molecule has 0 bridgehead atoms. The van der Waals surface area contributed by atoms with Gasteiger partial charge in [0.2, 0.25) is 0 Å². The number of nitro groups is 1. The minimum atomic E-state index is -5.02. The van der Waals surface area contributed by atoms with Gasteiger partial charge < -0.3 is 0 Å². The van der Waals surface area contributed by atoms with Gasteiger partial charge in [-0.3, -0.25) is 14.8 Å². The van der Waals surface area contributed by atoms with Gasteiger partial charge in [0, 0.05) is 18.2 Å². The van der Waals surface area contributed by atoms with E-state index < -0.39 is 35.2 Å². The molecular formula is C12H7F6N3O2. The molecule has 1 heterocycles. The zero-order valence-electron chi connectivity index (χ0n) is 11.0. The minimum Gasteiger partial charge on any atom is -0.258 e. The molecule has 0 saturated heterocycles. The summed E-state index contributed by atoms with van der Waals surface area (Å²) in [6.07, 6.45) is -10.0. The lowest BCUT2D eigenvalue weighted by molar-refractivity contribution is -0.384. The maximum absolute atomic E-state index is 12.8. The zero-order valence-corrected chi connectivity index (χ0v) is 11.0. The topological polar surface area (TPSA) is 61.0 Å². The van der Waals surface area contributed by atoms with Crippen molar-refractivity contribution in [2.24, 2.45) is 0 Å². The Morgan fingerprint density at radius 2 is 1.61 bits per heavy atom. The Balaban J connectivity index is 2.38. The van der Waals surface area contributed by atoms with E-state index in [1.165, 1.54) is 0 Å². The Labute approximate surface area is 124 Å². The van der Waals surface area contributed by atoms with Crippen LogP contribution in [0.1, 0.15) is 17.0 Å². The molecule has 0 radical (unpaired) electrons. The number of hydrogen-bond acceptors (Lipinski definition) is 3. The van der Waals surface area contributed by atoms with E-state index in [9.17, 15) is 36.5 Å². The van der Waals surface area contributed by atoms with Crippen molar-refractivity contribution in [1.29, 1.82) is 0 Å². The van der Waals surface area contributed by atoms with E-state index in [-0.39, 0.29) is 22.0 Å². The van der Waals surface area contributed by atoms with E-state index in [1.807, 2.05) is 0 Å². The number of nitro benzene ring substituents is 1. The molecule has 0 unspecified atom stereocenters. The average Bonchev–Trinajstić information content (AvgIpc) is 2.83. The first-order valence-electron chi connectivity index (χ1n) is 5.94. The lowest BCUT2D eigenvalue weighted by atomic mass is 10.2. The highest BCUT2D eigenvalue weighted by atomic mass is 19.4. The average molecular weight is 339 g/mol. The monoisotopic (exact) mass is 339 g/mol. The number of nitrogens with zero attached hydrogens (tertiary/aromatic N) is 3. The Hall–Kier alpha value is -2.59. The van der Waals surface area contributed by atoms with Crippen LogP contribution in [0.25, 0.3) is 0 Å². The molecule has 0 aliphatic carbocycles. The second-order valence-electron chi connectivity index (χ2n) is 4.49. The number of halogens is 6. The molecule has 0 saturated carbocycles. The van der Waals surface area contributed by atoms with Gasteiger partial charge in [0.05, 0.1) is 11.5 Å². The number of aromatic nitrogens is 2. The largest absolute Gasteiger partial charge is 0.435 e. The Bertz CT molecular complexity index is 718. The maximum atomic E-state index is 12.8. The minimum absolute atomic E-state index is 0.0780. The number of hydrogen-bond donors (Lipinski definition) is 0.